The fraction of sp³-hybridized carbons (Fsp3) is 0.571. The van der Waals surface area contributed by atoms with E-state index in [0.717, 1.165) is 25.9 Å². The Morgan fingerprint density at radius 3 is 2.80 bits per heavy atom. The van der Waals surface area contributed by atoms with Crippen molar-refractivity contribution in [2.45, 2.75) is 31.9 Å². The molecule has 1 atom stereocenters. The molecule has 110 valence electrons. The largest absolute Gasteiger partial charge is 0.488 e. The van der Waals surface area contributed by atoms with Gasteiger partial charge in [0.1, 0.15) is 5.82 Å². The Hall–Kier alpha value is -0.945. The summed E-state index contributed by atoms with van der Waals surface area (Å²) in [6.45, 7) is 4.27. The molecule has 4 nitrogen and oxygen atoms in total. The highest BCUT2D eigenvalue weighted by molar-refractivity contribution is 6.58. The highest BCUT2D eigenvalue weighted by Crippen LogP contribution is 2.25. The number of rotatable bonds is 4. The van der Waals surface area contributed by atoms with E-state index in [1.807, 2.05) is 0 Å². The molecule has 0 aromatic heterocycles. The number of ether oxygens (including phenoxy) is 1. The van der Waals surface area contributed by atoms with E-state index in [1.165, 1.54) is 6.07 Å². The van der Waals surface area contributed by atoms with Gasteiger partial charge in [-0.25, -0.2) is 4.39 Å². The average molecular weight is 281 g/mol. The number of piperidine rings is 1. The van der Waals surface area contributed by atoms with Crippen LogP contribution in [0, 0.1) is 5.82 Å². The van der Waals surface area contributed by atoms with Gasteiger partial charge in [0.2, 0.25) is 0 Å². The van der Waals surface area contributed by atoms with Crippen LogP contribution in [0.15, 0.2) is 18.2 Å². The van der Waals surface area contributed by atoms with Gasteiger partial charge in [0.15, 0.2) is 0 Å². The molecule has 6 heteroatoms. The summed E-state index contributed by atoms with van der Waals surface area (Å²) in [5.41, 5.74) is 0.567. The molecular formula is C14H21BFNO3. The number of hydrogen-bond acceptors (Lipinski definition) is 4. The van der Waals surface area contributed by atoms with Crippen molar-refractivity contribution in [2.75, 3.05) is 20.2 Å². The summed E-state index contributed by atoms with van der Waals surface area (Å²) in [6.07, 6.45) is 2.04. The first-order valence-corrected chi connectivity index (χ1v) is 6.85. The summed E-state index contributed by atoms with van der Waals surface area (Å²) in [4.78, 5) is 2.17. The van der Waals surface area contributed by atoms with Crippen LogP contribution in [0.2, 0.25) is 0 Å². The Labute approximate surface area is 119 Å². The average Bonchev–Trinajstić information content (AvgIpc) is 2.41. The van der Waals surface area contributed by atoms with Crippen LogP contribution in [0.1, 0.15) is 25.3 Å². The molecule has 2 rings (SSSR count). The van der Waals surface area contributed by atoms with Crippen LogP contribution in [0.25, 0.3) is 0 Å². The highest BCUT2D eigenvalue weighted by atomic mass is 19.1. The lowest BCUT2D eigenvalue weighted by Crippen LogP contribution is -2.47. The topological polar surface area (TPSA) is 52.9 Å². The molecule has 0 spiro atoms. The Balaban J connectivity index is 2.06. The summed E-state index contributed by atoms with van der Waals surface area (Å²) in [5, 5.41) is 18.0. The van der Waals surface area contributed by atoms with Gasteiger partial charge >= 0.3 is 7.12 Å². The van der Waals surface area contributed by atoms with Crippen LogP contribution < -0.4 is 5.46 Å². The molecule has 1 fully saturated rings. The summed E-state index contributed by atoms with van der Waals surface area (Å²) < 4.78 is 19.5. The SMILES string of the molecule is COC1(C)CCCN(Cc2ccc(B(O)O)cc2F)C1. The Morgan fingerprint density at radius 1 is 1.45 bits per heavy atom. The van der Waals surface area contributed by atoms with Crippen molar-refractivity contribution < 1.29 is 19.2 Å². The smallest absolute Gasteiger partial charge is 0.423 e. The Kier molecular flexibility index (Phi) is 4.80. The van der Waals surface area contributed by atoms with E-state index in [2.05, 4.69) is 11.8 Å². The molecule has 1 heterocycles. The van der Waals surface area contributed by atoms with Crippen molar-refractivity contribution in [1.82, 2.24) is 4.90 Å². The number of hydrogen-bond donors (Lipinski definition) is 2. The second-order valence-corrected chi connectivity index (χ2v) is 5.69. The van der Waals surface area contributed by atoms with Gasteiger partial charge in [-0.05, 0) is 37.8 Å². The van der Waals surface area contributed by atoms with Crippen molar-refractivity contribution in [2.24, 2.45) is 0 Å². The zero-order valence-corrected chi connectivity index (χ0v) is 12.0. The Morgan fingerprint density at radius 2 is 2.20 bits per heavy atom. The summed E-state index contributed by atoms with van der Waals surface area (Å²) in [7, 11) is 0.0759. The van der Waals surface area contributed by atoms with Gasteiger partial charge in [-0.3, -0.25) is 4.90 Å². The molecule has 1 saturated heterocycles. The molecule has 0 aliphatic carbocycles. The third kappa shape index (κ3) is 3.58. The van der Waals surface area contributed by atoms with Crippen molar-refractivity contribution in [1.29, 1.82) is 0 Å². The van der Waals surface area contributed by atoms with Crippen LogP contribution >= 0.6 is 0 Å². The molecule has 0 amide bonds. The molecule has 1 aliphatic rings. The van der Waals surface area contributed by atoms with Gasteiger partial charge in [0, 0.05) is 25.8 Å². The van der Waals surface area contributed by atoms with E-state index in [9.17, 15) is 4.39 Å². The fourth-order valence-electron chi connectivity index (χ4n) is 2.70. The monoisotopic (exact) mass is 281 g/mol. The van der Waals surface area contributed by atoms with Crippen LogP contribution in [-0.2, 0) is 11.3 Å². The molecule has 0 radical (unpaired) electrons. The first-order valence-electron chi connectivity index (χ1n) is 6.85. The molecule has 0 saturated carbocycles. The minimum Gasteiger partial charge on any atom is -0.423 e. The minimum absolute atomic E-state index is 0.171. The van der Waals surface area contributed by atoms with E-state index in [1.54, 1.807) is 19.2 Å². The lowest BCUT2D eigenvalue weighted by atomic mass is 9.80. The Bertz CT molecular complexity index is 472. The van der Waals surface area contributed by atoms with Crippen molar-refractivity contribution in [3.8, 4) is 0 Å². The summed E-state index contributed by atoms with van der Waals surface area (Å²) in [6, 6.07) is 4.34. The second-order valence-electron chi connectivity index (χ2n) is 5.69. The van der Waals surface area contributed by atoms with Crippen LogP contribution in [0.5, 0.6) is 0 Å². The molecule has 2 N–H and O–H groups in total. The first kappa shape index (κ1) is 15.4. The quantitative estimate of drug-likeness (QED) is 0.789. The first-order chi connectivity index (χ1) is 9.43. The van der Waals surface area contributed by atoms with E-state index in [0.29, 0.717) is 12.1 Å². The lowest BCUT2D eigenvalue weighted by Gasteiger charge is -2.39. The predicted molar refractivity (Wildman–Crippen MR) is 76.2 cm³/mol. The number of halogens is 1. The normalized spacial score (nSPS) is 23.9. The lowest BCUT2D eigenvalue weighted by molar-refractivity contribution is -0.0528. The van der Waals surface area contributed by atoms with Gasteiger partial charge < -0.3 is 14.8 Å². The van der Waals surface area contributed by atoms with Gasteiger partial charge in [0.05, 0.1) is 5.60 Å². The van der Waals surface area contributed by atoms with Crippen molar-refractivity contribution in [3.05, 3.63) is 29.6 Å². The van der Waals surface area contributed by atoms with Gasteiger partial charge in [0.25, 0.3) is 0 Å². The summed E-state index contributed by atoms with van der Waals surface area (Å²) >= 11 is 0. The minimum atomic E-state index is -1.63. The molecule has 1 unspecified atom stereocenters. The maximum Gasteiger partial charge on any atom is 0.488 e. The second kappa shape index (κ2) is 6.22. The molecule has 1 aromatic rings. The standard InChI is InChI=1S/C14H21BFNO3/c1-14(20-2)6-3-7-17(10-14)9-11-4-5-12(15(18)19)8-13(11)16/h4-5,8,18-19H,3,6-7,9-10H2,1-2H3. The summed E-state index contributed by atoms with van der Waals surface area (Å²) in [5.74, 6) is -0.403. The number of likely N-dealkylation sites (tertiary alicyclic amines) is 1. The molecule has 0 bridgehead atoms. The molecular weight excluding hydrogens is 260 g/mol. The van der Waals surface area contributed by atoms with E-state index in [4.69, 9.17) is 14.8 Å². The van der Waals surface area contributed by atoms with Crippen molar-refractivity contribution in [3.63, 3.8) is 0 Å². The van der Waals surface area contributed by atoms with Crippen molar-refractivity contribution >= 4 is 12.6 Å². The number of methoxy groups -OCH3 is 1. The maximum absolute atomic E-state index is 14.0. The molecule has 20 heavy (non-hydrogen) atoms. The molecule has 1 aliphatic heterocycles. The molecule has 1 aromatic carbocycles. The highest BCUT2D eigenvalue weighted by Gasteiger charge is 2.30. The van der Waals surface area contributed by atoms with Crippen LogP contribution in [0.4, 0.5) is 4.39 Å². The van der Waals surface area contributed by atoms with Gasteiger partial charge in [-0.15, -0.1) is 0 Å². The van der Waals surface area contributed by atoms with E-state index in [-0.39, 0.29) is 11.1 Å². The number of benzene rings is 1. The fourth-order valence-corrected chi connectivity index (χ4v) is 2.70. The third-order valence-corrected chi connectivity index (χ3v) is 4.00. The van der Waals surface area contributed by atoms with Gasteiger partial charge in [-0.2, -0.15) is 0 Å². The number of nitrogens with zero attached hydrogens (tertiary/aromatic N) is 1. The predicted octanol–water partition coefficient (Wildman–Crippen LogP) is 0.506. The zero-order valence-electron chi connectivity index (χ0n) is 12.0. The van der Waals surface area contributed by atoms with Crippen LogP contribution in [0.3, 0.4) is 0 Å². The zero-order chi connectivity index (χ0) is 14.8. The van der Waals surface area contributed by atoms with Gasteiger partial charge in [-0.1, -0.05) is 12.1 Å². The maximum atomic E-state index is 14.0. The third-order valence-electron chi connectivity index (χ3n) is 4.00. The van der Waals surface area contributed by atoms with Crippen LogP contribution in [-0.4, -0.2) is 47.9 Å². The van der Waals surface area contributed by atoms with E-state index < -0.39 is 12.9 Å². The van der Waals surface area contributed by atoms with E-state index >= 15 is 0 Å².